The van der Waals surface area contributed by atoms with Gasteiger partial charge in [-0.1, -0.05) is 25.9 Å². The first-order valence-electron chi connectivity index (χ1n) is 9.95. The number of rotatable bonds is 5. The molecule has 1 aromatic heterocycles. The van der Waals surface area contributed by atoms with Gasteiger partial charge in [0.2, 0.25) is 17.7 Å². The molecule has 0 saturated carbocycles. The Morgan fingerprint density at radius 1 is 1.32 bits per heavy atom. The van der Waals surface area contributed by atoms with Gasteiger partial charge in [0, 0.05) is 50.5 Å². The van der Waals surface area contributed by atoms with Crippen LogP contribution in [-0.4, -0.2) is 70.5 Å². The zero-order chi connectivity index (χ0) is 19.4. The van der Waals surface area contributed by atoms with Gasteiger partial charge in [0.15, 0.2) is 5.82 Å². The number of amides is 2. The van der Waals surface area contributed by atoms with Crippen molar-refractivity contribution in [3.05, 3.63) is 11.7 Å². The van der Waals surface area contributed by atoms with E-state index in [0.717, 1.165) is 32.5 Å². The number of piperazine rings is 1. The molecular formula is C19H32ClN5O3. The Morgan fingerprint density at radius 2 is 2.11 bits per heavy atom. The van der Waals surface area contributed by atoms with Crippen molar-refractivity contribution in [3.8, 4) is 0 Å². The van der Waals surface area contributed by atoms with Crippen molar-refractivity contribution in [2.45, 2.75) is 64.3 Å². The Kier molecular flexibility index (Phi) is 7.83. The van der Waals surface area contributed by atoms with Crippen LogP contribution in [0, 0.1) is 0 Å². The van der Waals surface area contributed by atoms with E-state index in [0.29, 0.717) is 44.1 Å². The molecular weight excluding hydrogens is 382 g/mol. The second-order valence-electron chi connectivity index (χ2n) is 8.51. The number of hydrogen-bond donors (Lipinski definition) is 1. The highest BCUT2D eigenvalue weighted by Crippen LogP contribution is 2.20. The van der Waals surface area contributed by atoms with E-state index >= 15 is 0 Å². The van der Waals surface area contributed by atoms with E-state index < -0.39 is 0 Å². The lowest BCUT2D eigenvalue weighted by Crippen LogP contribution is -2.57. The number of nitrogens with zero attached hydrogens (tertiary/aromatic N) is 4. The molecule has 9 heteroatoms. The predicted octanol–water partition coefficient (Wildman–Crippen LogP) is 1.53. The first kappa shape index (κ1) is 22.6. The van der Waals surface area contributed by atoms with Gasteiger partial charge >= 0.3 is 0 Å². The van der Waals surface area contributed by atoms with Crippen LogP contribution in [0.5, 0.6) is 0 Å². The maximum atomic E-state index is 12.6. The van der Waals surface area contributed by atoms with Gasteiger partial charge in [0.25, 0.3) is 0 Å². The number of piperidine rings is 1. The summed E-state index contributed by atoms with van der Waals surface area (Å²) in [4.78, 5) is 33.0. The number of likely N-dealkylation sites (tertiary alicyclic amines) is 1. The number of halogens is 1. The molecule has 2 aliphatic rings. The molecule has 8 nitrogen and oxygen atoms in total. The zero-order valence-electron chi connectivity index (χ0n) is 17.1. The minimum Gasteiger partial charge on any atom is -0.341 e. The van der Waals surface area contributed by atoms with Gasteiger partial charge in [-0.05, 0) is 19.3 Å². The minimum absolute atomic E-state index is 0. The maximum absolute atomic E-state index is 12.6. The Hall–Kier alpha value is -1.67. The van der Waals surface area contributed by atoms with E-state index in [1.54, 1.807) is 0 Å². The summed E-state index contributed by atoms with van der Waals surface area (Å²) in [6, 6.07) is 0.155. The molecule has 0 spiro atoms. The molecule has 158 valence electrons. The fourth-order valence-corrected chi connectivity index (χ4v) is 3.65. The average Bonchev–Trinajstić information content (AvgIpc) is 3.11. The number of carbonyl (C=O) groups excluding carboxylic acids is 2. The van der Waals surface area contributed by atoms with Crippen LogP contribution in [0.2, 0.25) is 0 Å². The molecule has 3 rings (SSSR count). The van der Waals surface area contributed by atoms with E-state index in [-0.39, 0.29) is 35.7 Å². The van der Waals surface area contributed by atoms with Gasteiger partial charge < -0.3 is 19.6 Å². The van der Waals surface area contributed by atoms with E-state index in [1.165, 1.54) is 0 Å². The molecule has 0 aromatic carbocycles. The van der Waals surface area contributed by atoms with Crippen LogP contribution in [0.1, 0.15) is 58.2 Å². The van der Waals surface area contributed by atoms with Gasteiger partial charge in [-0.25, -0.2) is 0 Å². The highest BCUT2D eigenvalue weighted by atomic mass is 35.5. The third kappa shape index (κ3) is 5.67. The summed E-state index contributed by atoms with van der Waals surface area (Å²) < 4.78 is 5.29. The third-order valence-corrected chi connectivity index (χ3v) is 5.24. The molecule has 2 saturated heterocycles. The Balaban J connectivity index is 0.00000280. The van der Waals surface area contributed by atoms with E-state index in [9.17, 15) is 9.59 Å². The monoisotopic (exact) mass is 413 g/mol. The summed E-state index contributed by atoms with van der Waals surface area (Å²) in [6.45, 7) is 9.54. The molecule has 0 bridgehead atoms. The van der Waals surface area contributed by atoms with Gasteiger partial charge in [-0.2, -0.15) is 4.98 Å². The quantitative estimate of drug-likeness (QED) is 0.787. The van der Waals surface area contributed by atoms with Crippen LogP contribution >= 0.6 is 12.4 Å². The minimum atomic E-state index is -0.137. The zero-order valence-corrected chi connectivity index (χ0v) is 17.9. The largest absolute Gasteiger partial charge is 0.341 e. The lowest BCUT2D eigenvalue weighted by Gasteiger charge is -2.41. The Labute approximate surface area is 172 Å². The Morgan fingerprint density at radius 3 is 2.79 bits per heavy atom. The van der Waals surface area contributed by atoms with Crippen molar-refractivity contribution in [1.82, 2.24) is 25.3 Å². The topological polar surface area (TPSA) is 91.6 Å². The van der Waals surface area contributed by atoms with Crippen LogP contribution in [0.25, 0.3) is 0 Å². The number of aryl methyl sites for hydroxylation is 1. The number of nitrogens with one attached hydrogen (secondary N) is 1. The molecule has 2 amide bonds. The van der Waals surface area contributed by atoms with Crippen LogP contribution in [0.15, 0.2) is 4.52 Å². The van der Waals surface area contributed by atoms with Crippen molar-refractivity contribution < 1.29 is 14.1 Å². The molecule has 3 heterocycles. The standard InChI is InChI=1S/C19H31N5O3.ClH/c1-19(2,3)18-21-15(27-22-18)7-4-8-16(25)23-10-5-6-14(13-23)24-11-9-20-12-17(24)26;/h14,20H,4-13H2,1-3H3;1H. The first-order chi connectivity index (χ1) is 12.8. The molecule has 1 N–H and O–H groups in total. The van der Waals surface area contributed by atoms with Gasteiger partial charge in [0.1, 0.15) is 0 Å². The molecule has 2 fully saturated rings. The molecule has 0 aliphatic carbocycles. The lowest BCUT2D eigenvalue weighted by molar-refractivity contribution is -0.140. The van der Waals surface area contributed by atoms with Gasteiger partial charge in [-0.15, -0.1) is 12.4 Å². The summed E-state index contributed by atoms with van der Waals surface area (Å²) in [5.41, 5.74) is -0.137. The Bertz CT molecular complexity index is 673. The highest BCUT2D eigenvalue weighted by Gasteiger charge is 2.31. The molecule has 28 heavy (non-hydrogen) atoms. The van der Waals surface area contributed by atoms with Crippen LogP contribution in [0.4, 0.5) is 0 Å². The smallest absolute Gasteiger partial charge is 0.236 e. The van der Waals surface area contributed by atoms with Gasteiger partial charge in [0.05, 0.1) is 6.54 Å². The summed E-state index contributed by atoms with van der Waals surface area (Å²) in [5.74, 6) is 1.59. The predicted molar refractivity (Wildman–Crippen MR) is 107 cm³/mol. The van der Waals surface area contributed by atoms with Crippen molar-refractivity contribution in [1.29, 1.82) is 0 Å². The van der Waals surface area contributed by atoms with Crippen LogP contribution in [0.3, 0.4) is 0 Å². The van der Waals surface area contributed by atoms with Crippen LogP contribution < -0.4 is 5.32 Å². The summed E-state index contributed by atoms with van der Waals surface area (Å²) in [5, 5.41) is 7.12. The summed E-state index contributed by atoms with van der Waals surface area (Å²) >= 11 is 0. The summed E-state index contributed by atoms with van der Waals surface area (Å²) in [7, 11) is 0. The van der Waals surface area contributed by atoms with E-state index in [2.05, 4.69) is 15.5 Å². The van der Waals surface area contributed by atoms with E-state index in [1.807, 2.05) is 30.6 Å². The van der Waals surface area contributed by atoms with Crippen molar-refractivity contribution >= 4 is 24.2 Å². The number of carbonyl (C=O) groups is 2. The average molecular weight is 414 g/mol. The molecule has 1 aromatic rings. The first-order valence-corrected chi connectivity index (χ1v) is 9.95. The SMILES string of the molecule is CC(C)(C)c1noc(CCCC(=O)N2CCCC(N3CCNCC3=O)C2)n1.Cl. The molecule has 1 atom stereocenters. The van der Waals surface area contributed by atoms with Crippen LogP contribution in [-0.2, 0) is 21.4 Å². The van der Waals surface area contributed by atoms with E-state index in [4.69, 9.17) is 4.52 Å². The van der Waals surface area contributed by atoms with Crippen molar-refractivity contribution in [2.24, 2.45) is 0 Å². The van der Waals surface area contributed by atoms with Gasteiger partial charge in [-0.3, -0.25) is 9.59 Å². The normalized spacial score (nSPS) is 20.8. The maximum Gasteiger partial charge on any atom is 0.236 e. The second-order valence-corrected chi connectivity index (χ2v) is 8.51. The summed E-state index contributed by atoms with van der Waals surface area (Å²) in [6.07, 6.45) is 3.70. The molecule has 1 unspecified atom stereocenters. The fraction of sp³-hybridized carbons (Fsp3) is 0.789. The number of hydrogen-bond acceptors (Lipinski definition) is 6. The lowest BCUT2D eigenvalue weighted by atomic mass is 9.96. The highest BCUT2D eigenvalue weighted by molar-refractivity contribution is 5.85. The number of aromatic nitrogens is 2. The fourth-order valence-electron chi connectivity index (χ4n) is 3.65. The van der Waals surface area contributed by atoms with Crippen molar-refractivity contribution in [2.75, 3.05) is 32.7 Å². The molecule has 2 aliphatic heterocycles. The molecule has 0 radical (unpaired) electrons. The third-order valence-electron chi connectivity index (χ3n) is 5.24. The van der Waals surface area contributed by atoms with Crippen molar-refractivity contribution in [3.63, 3.8) is 0 Å². The second kappa shape index (κ2) is 9.69.